The molecule has 1 nitrogen and oxygen atoms in total. The van der Waals surface area contributed by atoms with Crippen LogP contribution in [0, 0.1) is 0 Å². The standard InChI is InChI=1S/C6H12N/c1-5-7(3,4)6-2/h5-6H,1-2H2,3-4H3/q+1. The Morgan fingerprint density at radius 2 is 1.43 bits per heavy atom. The van der Waals surface area contributed by atoms with Gasteiger partial charge in [-0.3, -0.25) is 4.48 Å². The zero-order chi connectivity index (χ0) is 5.91. The second kappa shape index (κ2) is 1.94. The average Bonchev–Trinajstić information content (AvgIpc) is 1.68. The summed E-state index contributed by atoms with van der Waals surface area (Å²) in [7, 11) is 4.00. The third kappa shape index (κ3) is 2.18. The van der Waals surface area contributed by atoms with E-state index in [1.807, 2.05) is 26.5 Å². The number of nitrogens with zero attached hydrogens (tertiary/aromatic N) is 1. The van der Waals surface area contributed by atoms with Crippen molar-refractivity contribution in [3.05, 3.63) is 25.6 Å². The maximum atomic E-state index is 3.60. The van der Waals surface area contributed by atoms with Crippen LogP contribution in [0.15, 0.2) is 25.6 Å². The van der Waals surface area contributed by atoms with Gasteiger partial charge in [0.2, 0.25) is 0 Å². The van der Waals surface area contributed by atoms with Crippen LogP contribution >= 0.6 is 0 Å². The molecule has 7 heavy (non-hydrogen) atoms. The van der Waals surface area contributed by atoms with Gasteiger partial charge in [-0.2, -0.15) is 0 Å². The van der Waals surface area contributed by atoms with E-state index in [-0.39, 0.29) is 0 Å². The van der Waals surface area contributed by atoms with Crippen molar-refractivity contribution < 1.29 is 4.48 Å². The van der Waals surface area contributed by atoms with Gasteiger partial charge in [0.25, 0.3) is 0 Å². The normalized spacial score (nSPS) is 10.6. The third-order valence-electron chi connectivity index (χ3n) is 0.941. The van der Waals surface area contributed by atoms with Gasteiger partial charge in [0.15, 0.2) is 0 Å². The van der Waals surface area contributed by atoms with Crippen LogP contribution in [0.5, 0.6) is 0 Å². The Labute approximate surface area is 45.2 Å². The van der Waals surface area contributed by atoms with E-state index in [9.17, 15) is 0 Å². The lowest BCUT2D eigenvalue weighted by atomic mass is 10.6. The molecule has 0 radical (unpaired) electrons. The first-order chi connectivity index (χ1) is 3.12. The minimum atomic E-state index is 0.667. The molecule has 0 atom stereocenters. The summed E-state index contributed by atoms with van der Waals surface area (Å²) in [6, 6.07) is 0. The molecule has 0 saturated carbocycles. The molecule has 0 rings (SSSR count). The Morgan fingerprint density at radius 1 is 1.14 bits per heavy atom. The Hall–Kier alpha value is -0.560. The summed E-state index contributed by atoms with van der Waals surface area (Å²) in [4.78, 5) is 0. The molecule has 0 heterocycles. The van der Waals surface area contributed by atoms with E-state index in [2.05, 4.69) is 13.2 Å². The second-order valence-corrected chi connectivity index (χ2v) is 1.99. The van der Waals surface area contributed by atoms with Gasteiger partial charge in [-0.1, -0.05) is 0 Å². The predicted octanol–water partition coefficient (Wildman–Crippen LogP) is 1.35. The molecule has 0 unspecified atom stereocenters. The van der Waals surface area contributed by atoms with E-state index >= 15 is 0 Å². The van der Waals surface area contributed by atoms with Crippen molar-refractivity contribution in [2.45, 2.75) is 0 Å². The Balaban J connectivity index is 3.82. The van der Waals surface area contributed by atoms with E-state index < -0.39 is 0 Å². The van der Waals surface area contributed by atoms with Gasteiger partial charge in [-0.05, 0) is 13.2 Å². The van der Waals surface area contributed by atoms with Crippen LogP contribution in [0.2, 0.25) is 0 Å². The van der Waals surface area contributed by atoms with Crippen molar-refractivity contribution in [2.75, 3.05) is 14.1 Å². The van der Waals surface area contributed by atoms with Gasteiger partial charge >= 0.3 is 0 Å². The SMILES string of the molecule is C=C[N+](C)(C)C=C. The summed E-state index contributed by atoms with van der Waals surface area (Å²) < 4.78 is 0.667. The highest BCUT2D eigenvalue weighted by Crippen LogP contribution is 1.94. The molecule has 0 spiro atoms. The van der Waals surface area contributed by atoms with Crippen LogP contribution in [0.4, 0.5) is 0 Å². The maximum Gasteiger partial charge on any atom is 0.0927 e. The van der Waals surface area contributed by atoms with Crippen molar-refractivity contribution in [3.8, 4) is 0 Å². The van der Waals surface area contributed by atoms with Crippen molar-refractivity contribution in [2.24, 2.45) is 0 Å². The van der Waals surface area contributed by atoms with Crippen LogP contribution in [0.25, 0.3) is 0 Å². The Kier molecular flexibility index (Phi) is 1.78. The number of hydrogen-bond acceptors (Lipinski definition) is 0. The smallest absolute Gasteiger partial charge is 0.0927 e. The van der Waals surface area contributed by atoms with Crippen molar-refractivity contribution in [1.82, 2.24) is 0 Å². The second-order valence-electron chi connectivity index (χ2n) is 1.99. The van der Waals surface area contributed by atoms with Crippen LogP contribution < -0.4 is 0 Å². The summed E-state index contributed by atoms with van der Waals surface area (Å²) in [5.41, 5.74) is 0. The van der Waals surface area contributed by atoms with E-state index in [0.29, 0.717) is 4.48 Å². The Morgan fingerprint density at radius 3 is 1.43 bits per heavy atom. The summed E-state index contributed by atoms with van der Waals surface area (Å²) in [6.07, 6.45) is 3.62. The highest BCUT2D eigenvalue weighted by Gasteiger charge is 1.99. The highest BCUT2D eigenvalue weighted by molar-refractivity contribution is 4.60. The molecule has 0 N–H and O–H groups in total. The molecular weight excluding hydrogens is 86.1 g/mol. The molecule has 1 heteroatoms. The average molecular weight is 98.2 g/mol. The fraction of sp³-hybridized carbons (Fsp3) is 0.333. The zero-order valence-electron chi connectivity index (χ0n) is 5.02. The van der Waals surface area contributed by atoms with E-state index in [0.717, 1.165) is 0 Å². The molecule has 0 saturated heterocycles. The molecule has 0 aliphatic heterocycles. The lowest BCUT2D eigenvalue weighted by molar-refractivity contribution is -0.783. The van der Waals surface area contributed by atoms with Gasteiger partial charge in [0.1, 0.15) is 0 Å². The summed E-state index contributed by atoms with van der Waals surface area (Å²) >= 11 is 0. The minimum Gasteiger partial charge on any atom is -0.277 e. The maximum absolute atomic E-state index is 3.60. The third-order valence-corrected chi connectivity index (χ3v) is 0.941. The largest absolute Gasteiger partial charge is 0.277 e. The van der Waals surface area contributed by atoms with E-state index in [1.165, 1.54) is 0 Å². The van der Waals surface area contributed by atoms with Gasteiger partial charge < -0.3 is 0 Å². The number of quaternary nitrogens is 1. The van der Waals surface area contributed by atoms with Crippen LogP contribution in [0.1, 0.15) is 0 Å². The van der Waals surface area contributed by atoms with Gasteiger partial charge in [-0.25, -0.2) is 0 Å². The Bertz CT molecular complexity index is 72.2. The zero-order valence-corrected chi connectivity index (χ0v) is 5.02. The summed E-state index contributed by atoms with van der Waals surface area (Å²) in [5.74, 6) is 0. The molecule has 0 aromatic carbocycles. The molecule has 40 valence electrons. The van der Waals surface area contributed by atoms with Crippen molar-refractivity contribution in [1.29, 1.82) is 0 Å². The first-order valence-corrected chi connectivity index (χ1v) is 2.23. The summed E-state index contributed by atoms with van der Waals surface area (Å²) in [6.45, 7) is 7.21. The molecule has 0 aromatic heterocycles. The van der Waals surface area contributed by atoms with E-state index in [1.54, 1.807) is 0 Å². The van der Waals surface area contributed by atoms with Crippen molar-refractivity contribution in [3.63, 3.8) is 0 Å². The molecule has 0 aliphatic rings. The molecule has 0 aliphatic carbocycles. The molecule has 0 fully saturated rings. The quantitative estimate of drug-likeness (QED) is 0.457. The van der Waals surface area contributed by atoms with Crippen LogP contribution in [-0.2, 0) is 0 Å². The first-order valence-electron chi connectivity index (χ1n) is 2.23. The van der Waals surface area contributed by atoms with E-state index in [4.69, 9.17) is 0 Å². The van der Waals surface area contributed by atoms with Gasteiger partial charge in [0, 0.05) is 0 Å². The fourth-order valence-electron chi connectivity index (χ4n) is 0.0745. The first kappa shape index (κ1) is 6.44. The topological polar surface area (TPSA) is 0 Å². The predicted molar refractivity (Wildman–Crippen MR) is 32.5 cm³/mol. The minimum absolute atomic E-state index is 0.667. The monoisotopic (exact) mass is 98.1 g/mol. The van der Waals surface area contributed by atoms with Crippen molar-refractivity contribution >= 4 is 0 Å². The van der Waals surface area contributed by atoms with Gasteiger partial charge in [0.05, 0.1) is 26.5 Å². The molecule has 0 bridgehead atoms. The van der Waals surface area contributed by atoms with Gasteiger partial charge in [-0.15, -0.1) is 0 Å². The van der Waals surface area contributed by atoms with Crippen LogP contribution in [0.3, 0.4) is 0 Å². The molecule has 0 aromatic rings. The number of rotatable bonds is 2. The lowest BCUT2D eigenvalue weighted by Gasteiger charge is -2.16. The summed E-state index contributed by atoms with van der Waals surface area (Å²) in [5, 5.41) is 0. The number of hydrogen-bond donors (Lipinski definition) is 0. The lowest BCUT2D eigenvalue weighted by Crippen LogP contribution is -2.24. The highest BCUT2D eigenvalue weighted by atomic mass is 15.3. The molecule has 0 amide bonds. The molecular formula is C6H12N+. The fourth-order valence-corrected chi connectivity index (χ4v) is 0.0745. The van der Waals surface area contributed by atoms with Crippen LogP contribution in [-0.4, -0.2) is 18.6 Å².